The Morgan fingerprint density at radius 3 is 2.69 bits per heavy atom. The van der Waals surface area contributed by atoms with E-state index in [9.17, 15) is 9.90 Å². The van der Waals surface area contributed by atoms with Crippen LogP contribution in [0, 0.1) is 18.8 Å². The van der Waals surface area contributed by atoms with Crippen molar-refractivity contribution in [2.24, 2.45) is 11.8 Å². The molecular formula is C23H30N6O3. The van der Waals surface area contributed by atoms with Crippen LogP contribution in [0.5, 0.6) is 0 Å². The van der Waals surface area contributed by atoms with Gasteiger partial charge in [0, 0.05) is 44.1 Å². The summed E-state index contributed by atoms with van der Waals surface area (Å²) >= 11 is 0. The van der Waals surface area contributed by atoms with E-state index in [2.05, 4.69) is 20.4 Å². The lowest BCUT2D eigenvalue weighted by Crippen LogP contribution is -2.58. The number of fused-ring (bicyclic) bond motifs is 1. The van der Waals surface area contributed by atoms with Crippen LogP contribution >= 0.6 is 0 Å². The number of aromatic nitrogens is 4. The van der Waals surface area contributed by atoms with Gasteiger partial charge in [0.2, 0.25) is 5.91 Å². The molecule has 9 nitrogen and oxygen atoms in total. The average Bonchev–Trinajstić information content (AvgIpc) is 3.37. The van der Waals surface area contributed by atoms with Crippen LogP contribution in [-0.4, -0.2) is 91.6 Å². The molecule has 1 spiro atoms. The predicted octanol–water partition coefficient (Wildman–Crippen LogP) is 0.586. The first-order valence-electron chi connectivity index (χ1n) is 11.7. The number of aliphatic hydroxyl groups excluding tert-OH is 1. The minimum absolute atomic E-state index is 0.0962. The number of tetrazole rings is 1. The molecule has 4 heterocycles. The summed E-state index contributed by atoms with van der Waals surface area (Å²) in [5.41, 5.74) is 1.53. The zero-order chi connectivity index (χ0) is 21.9. The molecule has 2 bridgehead atoms. The van der Waals surface area contributed by atoms with Crippen molar-refractivity contribution in [1.82, 2.24) is 30.0 Å². The Morgan fingerprint density at radius 1 is 1.22 bits per heavy atom. The van der Waals surface area contributed by atoms with E-state index in [4.69, 9.17) is 4.74 Å². The molecule has 2 aromatic rings. The van der Waals surface area contributed by atoms with Gasteiger partial charge in [0.05, 0.1) is 24.8 Å². The van der Waals surface area contributed by atoms with Gasteiger partial charge in [-0.3, -0.25) is 9.69 Å². The summed E-state index contributed by atoms with van der Waals surface area (Å²) in [5, 5.41) is 21.7. The monoisotopic (exact) mass is 438 g/mol. The number of carbonyl (C=O) groups excluding carboxylic acids is 1. The maximum Gasteiger partial charge on any atom is 0.227 e. The van der Waals surface area contributed by atoms with Gasteiger partial charge in [0.25, 0.3) is 0 Å². The molecule has 4 fully saturated rings. The van der Waals surface area contributed by atoms with Gasteiger partial charge in [-0.25, -0.2) is 0 Å². The molecule has 1 amide bonds. The number of hydrogen-bond donors (Lipinski definition) is 1. The third-order valence-corrected chi connectivity index (χ3v) is 8.13. The summed E-state index contributed by atoms with van der Waals surface area (Å²) in [7, 11) is 0. The summed E-state index contributed by atoms with van der Waals surface area (Å²) in [6.45, 7) is 5.12. The first-order chi connectivity index (χ1) is 15.6. The van der Waals surface area contributed by atoms with Gasteiger partial charge in [-0.15, -0.1) is 5.10 Å². The smallest absolute Gasteiger partial charge is 0.227 e. The summed E-state index contributed by atoms with van der Waals surface area (Å²) in [4.78, 5) is 17.7. The fourth-order valence-corrected chi connectivity index (χ4v) is 6.20. The van der Waals surface area contributed by atoms with Crippen molar-refractivity contribution in [3.63, 3.8) is 0 Å². The number of aliphatic hydroxyl groups is 1. The fourth-order valence-electron chi connectivity index (χ4n) is 6.20. The second-order valence-electron chi connectivity index (χ2n) is 9.94. The molecule has 4 atom stereocenters. The zero-order valence-corrected chi connectivity index (χ0v) is 18.4. The molecule has 1 N–H and O–H groups in total. The maximum absolute atomic E-state index is 13.2. The number of ether oxygens (including phenoxy) is 1. The van der Waals surface area contributed by atoms with Crippen molar-refractivity contribution in [2.75, 3.05) is 32.8 Å². The van der Waals surface area contributed by atoms with Gasteiger partial charge in [0.1, 0.15) is 5.60 Å². The lowest BCUT2D eigenvalue weighted by molar-refractivity contribution is -0.143. The fraction of sp³-hybridized carbons (Fsp3) is 0.652. The summed E-state index contributed by atoms with van der Waals surface area (Å²) in [6.07, 6.45) is 4.29. The van der Waals surface area contributed by atoms with Crippen molar-refractivity contribution < 1.29 is 14.6 Å². The van der Waals surface area contributed by atoms with Gasteiger partial charge in [-0.05, 0) is 47.9 Å². The minimum atomic E-state index is -0.316. The largest absolute Gasteiger partial charge is 0.396 e. The second-order valence-corrected chi connectivity index (χ2v) is 9.94. The quantitative estimate of drug-likeness (QED) is 0.730. The molecule has 6 rings (SSSR count). The van der Waals surface area contributed by atoms with E-state index in [0.29, 0.717) is 25.6 Å². The number of carbonyl (C=O) groups is 1. The van der Waals surface area contributed by atoms with Crippen LogP contribution in [0.1, 0.15) is 30.7 Å². The first-order valence-corrected chi connectivity index (χ1v) is 11.7. The van der Waals surface area contributed by atoms with Crippen LogP contribution in [0.4, 0.5) is 0 Å². The van der Waals surface area contributed by atoms with Gasteiger partial charge in [-0.2, -0.15) is 4.68 Å². The van der Waals surface area contributed by atoms with E-state index in [1.807, 2.05) is 36.1 Å². The lowest BCUT2D eigenvalue weighted by Gasteiger charge is -2.46. The number of hydrogen-bond acceptors (Lipinski definition) is 7. The first kappa shape index (κ1) is 20.3. The van der Waals surface area contributed by atoms with E-state index < -0.39 is 0 Å². The van der Waals surface area contributed by atoms with E-state index >= 15 is 0 Å². The van der Waals surface area contributed by atoms with Gasteiger partial charge < -0.3 is 14.7 Å². The van der Waals surface area contributed by atoms with E-state index in [1.165, 1.54) is 19.3 Å². The van der Waals surface area contributed by atoms with Gasteiger partial charge in [-0.1, -0.05) is 18.6 Å². The summed E-state index contributed by atoms with van der Waals surface area (Å²) in [5.74, 6) is 1.18. The van der Waals surface area contributed by atoms with Crippen molar-refractivity contribution >= 4 is 5.91 Å². The molecular weight excluding hydrogens is 408 g/mol. The van der Waals surface area contributed by atoms with Gasteiger partial charge in [0.15, 0.2) is 5.82 Å². The van der Waals surface area contributed by atoms with Crippen molar-refractivity contribution in [3.05, 3.63) is 35.7 Å². The molecule has 9 heteroatoms. The van der Waals surface area contributed by atoms with Crippen LogP contribution in [0.15, 0.2) is 24.3 Å². The normalized spacial score (nSPS) is 32.2. The number of amides is 1. The second kappa shape index (κ2) is 7.60. The van der Waals surface area contributed by atoms with Crippen LogP contribution in [0.3, 0.4) is 0 Å². The summed E-state index contributed by atoms with van der Waals surface area (Å²) < 4.78 is 8.22. The third-order valence-electron chi connectivity index (χ3n) is 8.13. The molecule has 170 valence electrons. The highest BCUT2D eigenvalue weighted by Gasteiger charge is 2.63. The number of nitrogens with zero attached hydrogens (tertiary/aromatic N) is 6. The minimum Gasteiger partial charge on any atom is -0.396 e. The van der Waals surface area contributed by atoms with Crippen LogP contribution in [0.2, 0.25) is 0 Å². The Balaban J connectivity index is 1.15. The SMILES string of the molecule is Cc1nnnn1-c1ccc(CC(=O)N2C[C@@H]3[C@H](CO)[C@H]4CN(C5CCC5)C[C@]3(C2)O4)cc1. The molecule has 0 radical (unpaired) electrons. The molecule has 3 aliphatic heterocycles. The average molecular weight is 439 g/mol. The molecule has 32 heavy (non-hydrogen) atoms. The topological polar surface area (TPSA) is 96.6 Å². The van der Waals surface area contributed by atoms with Crippen LogP contribution in [0.25, 0.3) is 5.69 Å². The highest BCUT2D eigenvalue weighted by molar-refractivity contribution is 5.79. The Bertz CT molecular complexity index is 1010. The highest BCUT2D eigenvalue weighted by atomic mass is 16.5. The van der Waals surface area contributed by atoms with Crippen molar-refractivity contribution in [2.45, 2.75) is 50.4 Å². The lowest BCUT2D eigenvalue weighted by atomic mass is 9.83. The predicted molar refractivity (Wildman–Crippen MR) is 115 cm³/mol. The Kier molecular flexibility index (Phi) is 4.81. The molecule has 1 aromatic heterocycles. The van der Waals surface area contributed by atoms with Crippen molar-refractivity contribution in [3.8, 4) is 5.69 Å². The third kappa shape index (κ3) is 3.17. The van der Waals surface area contributed by atoms with Crippen molar-refractivity contribution in [1.29, 1.82) is 0 Å². The number of benzene rings is 1. The molecule has 1 saturated carbocycles. The van der Waals surface area contributed by atoms with E-state index in [1.54, 1.807) is 4.68 Å². The van der Waals surface area contributed by atoms with Gasteiger partial charge >= 0.3 is 0 Å². The zero-order valence-electron chi connectivity index (χ0n) is 18.4. The van der Waals surface area contributed by atoms with E-state index in [0.717, 1.165) is 30.2 Å². The molecule has 1 aromatic carbocycles. The Hall–Kier alpha value is -2.36. The maximum atomic E-state index is 13.2. The highest BCUT2D eigenvalue weighted by Crippen LogP contribution is 2.50. The Morgan fingerprint density at radius 2 is 2.03 bits per heavy atom. The Labute approximate surface area is 187 Å². The molecule has 0 unspecified atom stereocenters. The standard InChI is InChI=1S/C23H30N6O3/c1-15-24-25-26-29(15)18-7-5-16(6-8-18)9-22(31)28-10-20-19(12-30)21-11-27(17-3-2-4-17)13-23(20,14-28)32-21/h5-8,17,19-21,30H,2-4,9-14H2,1H3/t19-,20+,21+,23+/m0/s1. The number of aryl methyl sites for hydroxylation is 1. The number of morpholine rings is 1. The number of likely N-dealkylation sites (tertiary alicyclic amines) is 2. The van der Waals surface area contributed by atoms with Crippen LogP contribution < -0.4 is 0 Å². The summed E-state index contributed by atoms with van der Waals surface area (Å²) in [6, 6.07) is 8.47. The molecule has 3 saturated heterocycles. The number of rotatable bonds is 5. The molecule has 4 aliphatic rings. The van der Waals surface area contributed by atoms with Crippen LogP contribution in [-0.2, 0) is 16.0 Å². The molecule has 1 aliphatic carbocycles. The van der Waals surface area contributed by atoms with E-state index in [-0.39, 0.29) is 36.1 Å².